The average molecular weight is 449 g/mol. The predicted molar refractivity (Wildman–Crippen MR) is 123 cm³/mol. The lowest BCUT2D eigenvalue weighted by Gasteiger charge is -2.17. The molecule has 0 spiro atoms. The van der Waals surface area contributed by atoms with Crippen molar-refractivity contribution in [2.75, 3.05) is 16.0 Å². The van der Waals surface area contributed by atoms with Crippen LogP contribution in [0.5, 0.6) is 17.2 Å². The molecule has 0 aliphatic rings. The van der Waals surface area contributed by atoms with Crippen molar-refractivity contribution in [3.63, 3.8) is 0 Å². The molecule has 3 rings (SSSR count). The third kappa shape index (κ3) is 6.47. The van der Waals surface area contributed by atoms with Crippen LogP contribution >= 0.6 is 0 Å². The molecule has 33 heavy (non-hydrogen) atoms. The van der Waals surface area contributed by atoms with Gasteiger partial charge in [-0.25, -0.2) is 0 Å². The topological polar surface area (TPSA) is 148 Å². The molecule has 0 aliphatic carbocycles. The van der Waals surface area contributed by atoms with Crippen LogP contribution in [-0.2, 0) is 14.4 Å². The summed E-state index contributed by atoms with van der Waals surface area (Å²) < 4.78 is 0. The van der Waals surface area contributed by atoms with Gasteiger partial charge >= 0.3 is 0 Å². The Kier molecular flexibility index (Phi) is 7.48. The highest BCUT2D eigenvalue weighted by atomic mass is 16.3. The molecule has 6 N–H and O–H groups in total. The number of hydrogen-bond acceptors (Lipinski definition) is 6. The van der Waals surface area contributed by atoms with E-state index in [1.807, 2.05) is 0 Å². The molecule has 0 radical (unpaired) electrons. The minimum Gasteiger partial charge on any atom is -0.506 e. The quantitative estimate of drug-likeness (QED) is 0.290. The number of hydrogen-bond donors (Lipinski definition) is 6. The van der Waals surface area contributed by atoms with Gasteiger partial charge in [-0.3, -0.25) is 14.4 Å². The van der Waals surface area contributed by atoms with E-state index < -0.39 is 23.6 Å². The zero-order valence-electron chi connectivity index (χ0n) is 17.5. The molecule has 3 amide bonds. The molecular formula is C24H23N3O6. The number of para-hydroxylation sites is 6. The van der Waals surface area contributed by atoms with Crippen LogP contribution in [0.1, 0.15) is 12.8 Å². The number of anilines is 3. The SMILES string of the molecule is O=C(CC(CC(=O)Nc1ccccc1O)C(=O)Nc1ccccc1O)Nc1ccccc1O. The van der Waals surface area contributed by atoms with Crippen molar-refractivity contribution in [2.24, 2.45) is 5.92 Å². The Balaban J connectivity index is 1.74. The molecular weight excluding hydrogens is 426 g/mol. The number of phenolic OH excluding ortho intramolecular Hbond substituents is 3. The highest BCUT2D eigenvalue weighted by Gasteiger charge is 2.26. The molecule has 0 saturated carbocycles. The smallest absolute Gasteiger partial charge is 0.228 e. The Morgan fingerprint density at radius 3 is 1.27 bits per heavy atom. The predicted octanol–water partition coefficient (Wildman–Crippen LogP) is 3.42. The number of amides is 3. The van der Waals surface area contributed by atoms with E-state index in [9.17, 15) is 29.7 Å². The van der Waals surface area contributed by atoms with Crippen molar-refractivity contribution in [3.8, 4) is 17.2 Å². The molecule has 9 nitrogen and oxygen atoms in total. The monoisotopic (exact) mass is 449 g/mol. The van der Waals surface area contributed by atoms with Crippen LogP contribution in [0.3, 0.4) is 0 Å². The molecule has 170 valence electrons. The van der Waals surface area contributed by atoms with Gasteiger partial charge in [0.2, 0.25) is 17.7 Å². The number of aromatic hydroxyl groups is 3. The molecule has 0 bridgehead atoms. The van der Waals surface area contributed by atoms with Crippen molar-refractivity contribution < 1.29 is 29.7 Å². The van der Waals surface area contributed by atoms with Crippen LogP contribution in [0.15, 0.2) is 72.8 Å². The highest BCUT2D eigenvalue weighted by molar-refractivity contribution is 6.02. The van der Waals surface area contributed by atoms with E-state index in [0.717, 1.165) is 0 Å². The van der Waals surface area contributed by atoms with E-state index in [0.29, 0.717) is 0 Å². The van der Waals surface area contributed by atoms with Gasteiger partial charge in [0.1, 0.15) is 17.2 Å². The van der Waals surface area contributed by atoms with Crippen LogP contribution < -0.4 is 16.0 Å². The first kappa shape index (κ1) is 23.1. The maximum absolute atomic E-state index is 12.9. The van der Waals surface area contributed by atoms with Crippen LogP contribution in [-0.4, -0.2) is 33.0 Å². The van der Waals surface area contributed by atoms with Crippen LogP contribution in [0.4, 0.5) is 17.1 Å². The highest BCUT2D eigenvalue weighted by Crippen LogP contribution is 2.26. The van der Waals surface area contributed by atoms with Gasteiger partial charge in [-0.2, -0.15) is 0 Å². The van der Waals surface area contributed by atoms with Crippen molar-refractivity contribution in [2.45, 2.75) is 12.8 Å². The second-order valence-electron chi connectivity index (χ2n) is 7.24. The number of benzene rings is 3. The zero-order chi connectivity index (χ0) is 23.8. The fraction of sp³-hybridized carbons (Fsp3) is 0.125. The summed E-state index contributed by atoms with van der Waals surface area (Å²) in [7, 11) is 0. The maximum atomic E-state index is 12.9. The van der Waals surface area contributed by atoms with Gasteiger partial charge in [0, 0.05) is 12.8 Å². The lowest BCUT2D eigenvalue weighted by Crippen LogP contribution is -2.31. The van der Waals surface area contributed by atoms with Gasteiger partial charge in [-0.15, -0.1) is 0 Å². The van der Waals surface area contributed by atoms with Gasteiger partial charge < -0.3 is 31.3 Å². The second kappa shape index (κ2) is 10.7. The summed E-state index contributed by atoms with van der Waals surface area (Å²) in [5.41, 5.74) is 0.469. The summed E-state index contributed by atoms with van der Waals surface area (Å²) >= 11 is 0. The molecule has 3 aromatic rings. The number of carbonyl (C=O) groups excluding carboxylic acids is 3. The standard InChI is InChI=1S/C24H23N3O6/c28-19-10-4-1-7-16(19)25-22(31)13-15(24(33)27-18-9-3-6-12-21(18)30)14-23(32)26-17-8-2-5-11-20(17)29/h1-12,15,28-30H,13-14H2,(H,25,31)(H,26,32)(H,27,33). The van der Waals surface area contributed by atoms with Gasteiger partial charge in [-0.05, 0) is 36.4 Å². The number of phenols is 3. The third-order valence-corrected chi connectivity index (χ3v) is 4.75. The fourth-order valence-corrected chi connectivity index (χ4v) is 3.08. The summed E-state index contributed by atoms with van der Waals surface area (Å²) in [6.45, 7) is 0. The first-order valence-corrected chi connectivity index (χ1v) is 10.1. The molecule has 0 saturated heterocycles. The van der Waals surface area contributed by atoms with Crippen LogP contribution in [0, 0.1) is 5.92 Å². The number of carbonyl (C=O) groups is 3. The molecule has 0 fully saturated rings. The summed E-state index contributed by atoms with van der Waals surface area (Å²) in [5, 5.41) is 37.2. The molecule has 0 aliphatic heterocycles. The Morgan fingerprint density at radius 2 is 0.909 bits per heavy atom. The maximum Gasteiger partial charge on any atom is 0.228 e. The van der Waals surface area contributed by atoms with E-state index in [-0.39, 0.29) is 47.2 Å². The van der Waals surface area contributed by atoms with Crippen molar-refractivity contribution in [1.29, 1.82) is 0 Å². The molecule has 0 unspecified atom stereocenters. The van der Waals surface area contributed by atoms with E-state index in [4.69, 9.17) is 0 Å². The van der Waals surface area contributed by atoms with Gasteiger partial charge in [0.15, 0.2) is 0 Å². The Bertz CT molecular complexity index is 1100. The van der Waals surface area contributed by atoms with Gasteiger partial charge in [-0.1, -0.05) is 36.4 Å². The van der Waals surface area contributed by atoms with E-state index in [1.165, 1.54) is 36.4 Å². The minimum atomic E-state index is -1.11. The Morgan fingerprint density at radius 1 is 0.576 bits per heavy atom. The van der Waals surface area contributed by atoms with E-state index >= 15 is 0 Å². The largest absolute Gasteiger partial charge is 0.506 e. The second-order valence-corrected chi connectivity index (χ2v) is 7.24. The van der Waals surface area contributed by atoms with E-state index in [2.05, 4.69) is 16.0 Å². The van der Waals surface area contributed by atoms with Crippen LogP contribution in [0.25, 0.3) is 0 Å². The van der Waals surface area contributed by atoms with Crippen LogP contribution in [0.2, 0.25) is 0 Å². The fourth-order valence-electron chi connectivity index (χ4n) is 3.08. The van der Waals surface area contributed by atoms with Crippen molar-refractivity contribution in [3.05, 3.63) is 72.8 Å². The molecule has 0 aromatic heterocycles. The van der Waals surface area contributed by atoms with Crippen molar-refractivity contribution >= 4 is 34.8 Å². The summed E-state index contributed by atoms with van der Waals surface area (Å²) in [6.07, 6.45) is -0.746. The summed E-state index contributed by atoms with van der Waals surface area (Å²) in [4.78, 5) is 38.0. The lowest BCUT2D eigenvalue weighted by atomic mass is 9.98. The average Bonchev–Trinajstić information content (AvgIpc) is 2.78. The first-order chi connectivity index (χ1) is 15.8. The van der Waals surface area contributed by atoms with Gasteiger partial charge in [0.05, 0.1) is 23.0 Å². The number of nitrogens with one attached hydrogen (secondary N) is 3. The van der Waals surface area contributed by atoms with E-state index in [1.54, 1.807) is 36.4 Å². The Hall–Kier alpha value is -4.53. The molecule has 9 heteroatoms. The van der Waals surface area contributed by atoms with Gasteiger partial charge in [0.25, 0.3) is 0 Å². The Labute approximate surface area is 189 Å². The summed E-state index contributed by atoms with van der Waals surface area (Å²) in [5.74, 6) is -3.40. The van der Waals surface area contributed by atoms with Crippen molar-refractivity contribution in [1.82, 2.24) is 0 Å². The molecule has 3 aromatic carbocycles. The lowest BCUT2D eigenvalue weighted by molar-refractivity contribution is -0.127. The normalized spacial score (nSPS) is 10.5. The molecule has 0 heterocycles. The third-order valence-electron chi connectivity index (χ3n) is 4.75. The number of rotatable bonds is 8. The molecule has 0 atom stereocenters. The zero-order valence-corrected chi connectivity index (χ0v) is 17.5. The summed E-state index contributed by atoms with van der Waals surface area (Å²) in [6, 6.07) is 18.3. The minimum absolute atomic E-state index is 0.134. The first-order valence-electron chi connectivity index (χ1n) is 10.1.